The molecular formula is C17H22N6O. The Morgan fingerprint density at radius 1 is 1.38 bits per heavy atom. The molecule has 3 aromatic rings. The quantitative estimate of drug-likeness (QED) is 0.607. The number of para-hydroxylation sites is 1. The molecule has 0 fully saturated rings. The van der Waals surface area contributed by atoms with E-state index in [0.717, 1.165) is 24.2 Å². The van der Waals surface area contributed by atoms with Crippen LogP contribution in [-0.2, 0) is 13.5 Å². The molecule has 0 aliphatic rings. The monoisotopic (exact) mass is 326 g/mol. The van der Waals surface area contributed by atoms with Crippen molar-refractivity contribution in [3.05, 3.63) is 48.2 Å². The third-order valence-electron chi connectivity index (χ3n) is 4.06. The largest absolute Gasteiger partial charge is 0.361 e. The van der Waals surface area contributed by atoms with Gasteiger partial charge in [0, 0.05) is 30.7 Å². The van der Waals surface area contributed by atoms with Crippen LogP contribution in [0.4, 0.5) is 4.79 Å². The predicted molar refractivity (Wildman–Crippen MR) is 92.6 cm³/mol. The zero-order chi connectivity index (χ0) is 16.9. The Morgan fingerprint density at radius 3 is 3.00 bits per heavy atom. The molecule has 126 valence electrons. The fraction of sp³-hybridized carbons (Fsp3) is 0.353. The molecule has 0 aliphatic carbocycles. The van der Waals surface area contributed by atoms with Crippen molar-refractivity contribution in [2.45, 2.75) is 25.8 Å². The van der Waals surface area contributed by atoms with Crippen LogP contribution in [-0.4, -0.2) is 32.3 Å². The van der Waals surface area contributed by atoms with Gasteiger partial charge in [-0.3, -0.25) is 0 Å². The fourth-order valence-electron chi connectivity index (χ4n) is 2.82. The molecule has 0 saturated carbocycles. The Balaban J connectivity index is 1.43. The van der Waals surface area contributed by atoms with E-state index in [0.29, 0.717) is 6.54 Å². The number of hydrogen-bond acceptors (Lipinski definition) is 3. The van der Waals surface area contributed by atoms with E-state index in [-0.39, 0.29) is 12.1 Å². The third kappa shape index (κ3) is 3.56. The average Bonchev–Trinajstić information content (AvgIpc) is 3.18. The van der Waals surface area contributed by atoms with Gasteiger partial charge in [-0.25, -0.2) is 4.79 Å². The van der Waals surface area contributed by atoms with Gasteiger partial charge in [-0.15, -0.1) is 10.2 Å². The van der Waals surface area contributed by atoms with Crippen LogP contribution in [0.3, 0.4) is 0 Å². The lowest BCUT2D eigenvalue weighted by Gasteiger charge is -2.13. The molecule has 2 amide bonds. The van der Waals surface area contributed by atoms with Gasteiger partial charge in [0.1, 0.15) is 6.33 Å². The molecule has 0 aliphatic heterocycles. The van der Waals surface area contributed by atoms with Crippen LogP contribution in [0.1, 0.15) is 30.8 Å². The maximum Gasteiger partial charge on any atom is 0.315 e. The van der Waals surface area contributed by atoms with Crippen molar-refractivity contribution in [3.63, 3.8) is 0 Å². The highest BCUT2D eigenvalue weighted by Crippen LogP contribution is 2.18. The number of aryl methyl sites for hydroxylation is 2. The van der Waals surface area contributed by atoms with Crippen LogP contribution in [0.5, 0.6) is 0 Å². The Kier molecular flexibility index (Phi) is 4.79. The number of aromatic amines is 1. The molecule has 3 rings (SSSR count). The summed E-state index contributed by atoms with van der Waals surface area (Å²) in [5.74, 6) is 0.726. The third-order valence-corrected chi connectivity index (χ3v) is 4.06. The number of H-pyrrole nitrogens is 1. The highest BCUT2D eigenvalue weighted by molar-refractivity contribution is 5.83. The number of hydrogen-bond donors (Lipinski definition) is 3. The van der Waals surface area contributed by atoms with Crippen LogP contribution >= 0.6 is 0 Å². The van der Waals surface area contributed by atoms with E-state index >= 15 is 0 Å². The van der Waals surface area contributed by atoms with Gasteiger partial charge in [-0.2, -0.15) is 0 Å². The Hall–Kier alpha value is -2.83. The lowest BCUT2D eigenvalue weighted by atomic mass is 10.1. The molecule has 0 radical (unpaired) electrons. The molecule has 0 saturated heterocycles. The molecule has 0 spiro atoms. The van der Waals surface area contributed by atoms with E-state index < -0.39 is 0 Å². The molecule has 1 atom stereocenters. The zero-order valence-corrected chi connectivity index (χ0v) is 13.9. The summed E-state index contributed by atoms with van der Waals surface area (Å²) in [6, 6.07) is 7.87. The number of amides is 2. The minimum Gasteiger partial charge on any atom is -0.361 e. The van der Waals surface area contributed by atoms with E-state index in [1.165, 1.54) is 10.9 Å². The molecule has 2 heterocycles. The molecule has 0 unspecified atom stereocenters. The lowest BCUT2D eigenvalue weighted by molar-refractivity contribution is 0.237. The van der Waals surface area contributed by atoms with E-state index in [4.69, 9.17) is 0 Å². The lowest BCUT2D eigenvalue weighted by Crippen LogP contribution is -2.38. The summed E-state index contributed by atoms with van der Waals surface area (Å²) in [5.41, 5.74) is 2.43. The molecule has 1 aromatic carbocycles. The van der Waals surface area contributed by atoms with Crippen molar-refractivity contribution in [1.82, 2.24) is 30.4 Å². The molecule has 0 bridgehead atoms. The molecule has 3 N–H and O–H groups in total. The number of nitrogens with one attached hydrogen (secondary N) is 3. The summed E-state index contributed by atoms with van der Waals surface area (Å²) < 4.78 is 1.79. The summed E-state index contributed by atoms with van der Waals surface area (Å²) in [6.07, 6.45) is 5.46. The van der Waals surface area contributed by atoms with Crippen molar-refractivity contribution in [1.29, 1.82) is 0 Å². The van der Waals surface area contributed by atoms with Crippen LogP contribution < -0.4 is 10.6 Å². The summed E-state index contributed by atoms with van der Waals surface area (Å²) in [4.78, 5) is 15.2. The van der Waals surface area contributed by atoms with E-state index in [2.05, 4.69) is 37.9 Å². The number of rotatable bonds is 6. The van der Waals surface area contributed by atoms with Crippen molar-refractivity contribution < 1.29 is 4.79 Å². The molecule has 24 heavy (non-hydrogen) atoms. The van der Waals surface area contributed by atoms with Crippen molar-refractivity contribution in [2.24, 2.45) is 7.05 Å². The van der Waals surface area contributed by atoms with E-state index in [1.54, 1.807) is 10.9 Å². The highest BCUT2D eigenvalue weighted by Gasteiger charge is 2.13. The number of nitrogens with zero attached hydrogens (tertiary/aromatic N) is 3. The first-order valence-corrected chi connectivity index (χ1v) is 8.08. The summed E-state index contributed by atoms with van der Waals surface area (Å²) in [5, 5.41) is 14.8. The first kappa shape index (κ1) is 16.0. The summed E-state index contributed by atoms with van der Waals surface area (Å²) in [6.45, 7) is 2.51. The Labute approximate surface area is 140 Å². The topological polar surface area (TPSA) is 87.6 Å². The number of carbonyl (C=O) groups excluding carboxylic acids is 1. The van der Waals surface area contributed by atoms with Crippen molar-refractivity contribution >= 4 is 16.9 Å². The minimum atomic E-state index is -0.190. The minimum absolute atomic E-state index is 0.189. The van der Waals surface area contributed by atoms with Crippen LogP contribution in [0.2, 0.25) is 0 Å². The maximum absolute atomic E-state index is 11.9. The standard InChI is InChI=1S/C17H22N6O/c1-12(16-22-20-11-23(16)2)21-17(24)18-9-5-6-13-10-19-15-8-4-3-7-14(13)15/h3-4,7-8,10-12,19H,5-6,9H2,1-2H3,(H2,18,21,24)/t12-/m1/s1. The molecule has 7 nitrogen and oxygen atoms in total. The maximum atomic E-state index is 11.9. The second kappa shape index (κ2) is 7.16. The Morgan fingerprint density at radius 2 is 2.21 bits per heavy atom. The summed E-state index contributed by atoms with van der Waals surface area (Å²) in [7, 11) is 1.85. The average molecular weight is 326 g/mol. The van der Waals surface area contributed by atoms with Crippen molar-refractivity contribution in [2.75, 3.05) is 6.54 Å². The molecule has 7 heteroatoms. The molecule has 2 aromatic heterocycles. The fourth-order valence-corrected chi connectivity index (χ4v) is 2.82. The second-order valence-corrected chi connectivity index (χ2v) is 5.89. The zero-order valence-electron chi connectivity index (χ0n) is 13.9. The van der Waals surface area contributed by atoms with Crippen molar-refractivity contribution in [3.8, 4) is 0 Å². The van der Waals surface area contributed by atoms with Gasteiger partial charge in [-0.05, 0) is 31.4 Å². The van der Waals surface area contributed by atoms with Gasteiger partial charge in [0.2, 0.25) is 0 Å². The predicted octanol–water partition coefficient (Wildman–Crippen LogP) is 2.29. The van der Waals surface area contributed by atoms with Gasteiger partial charge in [-0.1, -0.05) is 18.2 Å². The Bertz CT molecular complexity index is 821. The summed E-state index contributed by atoms with van der Waals surface area (Å²) >= 11 is 0. The molecular weight excluding hydrogens is 304 g/mol. The first-order chi connectivity index (χ1) is 11.6. The van der Waals surface area contributed by atoms with Gasteiger partial charge in [0.05, 0.1) is 6.04 Å². The van der Waals surface area contributed by atoms with Gasteiger partial charge in [0.15, 0.2) is 5.82 Å². The number of benzene rings is 1. The van der Waals surface area contributed by atoms with Crippen LogP contribution in [0.15, 0.2) is 36.8 Å². The number of fused-ring (bicyclic) bond motifs is 1. The number of carbonyl (C=O) groups is 1. The highest BCUT2D eigenvalue weighted by atomic mass is 16.2. The smallest absolute Gasteiger partial charge is 0.315 e. The SMILES string of the molecule is C[C@@H](NC(=O)NCCCc1c[nH]c2ccccc12)c1nncn1C. The van der Waals surface area contributed by atoms with E-state index in [9.17, 15) is 4.79 Å². The van der Waals surface area contributed by atoms with Crippen LogP contribution in [0.25, 0.3) is 10.9 Å². The normalized spacial score (nSPS) is 12.2. The first-order valence-electron chi connectivity index (χ1n) is 8.08. The van der Waals surface area contributed by atoms with Gasteiger partial charge < -0.3 is 20.2 Å². The second-order valence-electron chi connectivity index (χ2n) is 5.89. The van der Waals surface area contributed by atoms with Crippen LogP contribution in [0, 0.1) is 0 Å². The van der Waals surface area contributed by atoms with Gasteiger partial charge in [0.25, 0.3) is 0 Å². The van der Waals surface area contributed by atoms with E-state index in [1.807, 2.05) is 32.3 Å². The van der Waals surface area contributed by atoms with Gasteiger partial charge >= 0.3 is 6.03 Å². The number of aromatic nitrogens is 4. The number of urea groups is 1.